The third kappa shape index (κ3) is 7.73. The van der Waals surface area contributed by atoms with Gasteiger partial charge in [-0.3, -0.25) is 0 Å². The Morgan fingerprint density at radius 1 is 1.05 bits per heavy atom. The van der Waals surface area contributed by atoms with Crippen LogP contribution in [-0.4, -0.2) is 16.8 Å². The van der Waals surface area contributed by atoms with Gasteiger partial charge in [0.05, 0.1) is 0 Å². The Morgan fingerprint density at radius 2 is 1.68 bits per heavy atom. The Morgan fingerprint density at radius 3 is 2.37 bits per heavy atom. The highest BCUT2D eigenvalue weighted by Gasteiger charge is 2.02. The van der Waals surface area contributed by atoms with Gasteiger partial charge in [-0.2, -0.15) is 0 Å². The molecule has 104 valence electrons. The van der Waals surface area contributed by atoms with E-state index in [0.717, 1.165) is 18.6 Å². The molecule has 3 heteroatoms. The van der Waals surface area contributed by atoms with E-state index in [1.54, 1.807) is 0 Å². The molecular weight excluding hydrogens is 256 g/mol. The fourth-order valence-electron chi connectivity index (χ4n) is 1.78. The molecule has 0 fully saturated rings. The SMILES string of the molecule is C=C(CCCCCCCSc1ccccc1)C(=O)O. The number of carboxylic acid groups (broad SMARTS) is 1. The molecule has 0 unspecified atom stereocenters. The minimum Gasteiger partial charge on any atom is -0.478 e. The van der Waals surface area contributed by atoms with Crippen molar-refractivity contribution in [1.82, 2.24) is 0 Å². The van der Waals surface area contributed by atoms with Gasteiger partial charge < -0.3 is 5.11 Å². The minimum absolute atomic E-state index is 0.333. The van der Waals surface area contributed by atoms with Crippen LogP contribution >= 0.6 is 11.8 Å². The average molecular weight is 278 g/mol. The zero-order chi connectivity index (χ0) is 13.9. The highest BCUT2D eigenvalue weighted by molar-refractivity contribution is 7.99. The number of hydrogen-bond acceptors (Lipinski definition) is 2. The van der Waals surface area contributed by atoms with Crippen LogP contribution < -0.4 is 0 Å². The van der Waals surface area contributed by atoms with Crippen molar-refractivity contribution in [3.05, 3.63) is 42.5 Å². The highest BCUT2D eigenvalue weighted by atomic mass is 32.2. The van der Waals surface area contributed by atoms with E-state index in [4.69, 9.17) is 5.11 Å². The summed E-state index contributed by atoms with van der Waals surface area (Å²) in [6.07, 6.45) is 6.29. The maximum Gasteiger partial charge on any atom is 0.330 e. The quantitative estimate of drug-likeness (QED) is 0.381. The standard InChI is InChI=1S/C16H22O2S/c1-14(16(17)18)10-6-3-2-4-9-13-19-15-11-7-5-8-12-15/h5,7-8,11-12H,1-4,6,9-10,13H2,(H,17,18). The predicted octanol–water partition coefficient (Wildman–Crippen LogP) is 4.76. The third-order valence-corrected chi connectivity index (χ3v) is 4.04. The number of thioether (sulfide) groups is 1. The molecule has 0 aliphatic carbocycles. The van der Waals surface area contributed by atoms with Crippen LogP contribution in [0.4, 0.5) is 0 Å². The molecule has 0 amide bonds. The molecule has 0 aliphatic heterocycles. The van der Waals surface area contributed by atoms with Crippen molar-refractivity contribution in [2.75, 3.05) is 5.75 Å². The van der Waals surface area contributed by atoms with Crippen LogP contribution in [0.1, 0.15) is 38.5 Å². The Hall–Kier alpha value is -1.22. The highest BCUT2D eigenvalue weighted by Crippen LogP contribution is 2.19. The zero-order valence-electron chi connectivity index (χ0n) is 11.3. The smallest absolute Gasteiger partial charge is 0.330 e. The van der Waals surface area contributed by atoms with Gasteiger partial charge in [0.15, 0.2) is 0 Å². The summed E-state index contributed by atoms with van der Waals surface area (Å²) in [5, 5.41) is 8.66. The molecular formula is C16H22O2S. The van der Waals surface area contributed by atoms with Crippen LogP contribution in [0, 0.1) is 0 Å². The Balaban J connectivity index is 1.92. The van der Waals surface area contributed by atoms with Crippen LogP contribution in [0.15, 0.2) is 47.4 Å². The molecule has 0 aliphatic rings. The van der Waals surface area contributed by atoms with E-state index in [1.165, 1.54) is 24.2 Å². The van der Waals surface area contributed by atoms with Crippen molar-refractivity contribution in [1.29, 1.82) is 0 Å². The lowest BCUT2D eigenvalue weighted by molar-refractivity contribution is -0.132. The van der Waals surface area contributed by atoms with Gasteiger partial charge in [0.2, 0.25) is 0 Å². The van der Waals surface area contributed by atoms with Gasteiger partial charge in [-0.05, 0) is 37.1 Å². The van der Waals surface area contributed by atoms with E-state index in [2.05, 4.69) is 30.8 Å². The second kappa shape index (κ2) is 9.68. The zero-order valence-corrected chi connectivity index (χ0v) is 12.1. The molecule has 19 heavy (non-hydrogen) atoms. The molecule has 0 saturated heterocycles. The number of hydrogen-bond donors (Lipinski definition) is 1. The van der Waals surface area contributed by atoms with Crippen molar-refractivity contribution >= 4 is 17.7 Å². The van der Waals surface area contributed by atoms with Crippen molar-refractivity contribution in [3.63, 3.8) is 0 Å². The first-order valence-electron chi connectivity index (χ1n) is 6.79. The molecule has 1 rings (SSSR count). The topological polar surface area (TPSA) is 37.3 Å². The number of aliphatic carboxylic acids is 1. The molecule has 2 nitrogen and oxygen atoms in total. The van der Waals surface area contributed by atoms with Gasteiger partial charge in [0.1, 0.15) is 0 Å². The number of carbonyl (C=O) groups is 1. The van der Waals surface area contributed by atoms with Crippen LogP contribution in [0.5, 0.6) is 0 Å². The normalized spacial score (nSPS) is 10.3. The molecule has 0 aromatic heterocycles. The van der Waals surface area contributed by atoms with E-state index < -0.39 is 5.97 Å². The summed E-state index contributed by atoms with van der Waals surface area (Å²) in [5.74, 6) is 0.297. The van der Waals surface area contributed by atoms with Crippen LogP contribution in [0.2, 0.25) is 0 Å². The van der Waals surface area contributed by atoms with Gasteiger partial charge in [0.25, 0.3) is 0 Å². The summed E-state index contributed by atoms with van der Waals surface area (Å²) in [6.45, 7) is 3.53. The van der Waals surface area contributed by atoms with E-state index in [9.17, 15) is 4.79 Å². The first-order chi connectivity index (χ1) is 9.20. The summed E-state index contributed by atoms with van der Waals surface area (Å²) in [6, 6.07) is 10.5. The molecule has 0 radical (unpaired) electrons. The molecule has 1 N–H and O–H groups in total. The van der Waals surface area contributed by atoms with Gasteiger partial charge in [-0.25, -0.2) is 4.79 Å². The van der Waals surface area contributed by atoms with Gasteiger partial charge >= 0.3 is 5.97 Å². The summed E-state index contributed by atoms with van der Waals surface area (Å²) in [4.78, 5) is 11.9. The molecule has 1 aromatic rings. The number of rotatable bonds is 10. The fourth-order valence-corrected chi connectivity index (χ4v) is 2.72. The van der Waals surface area contributed by atoms with Crippen molar-refractivity contribution in [2.45, 2.75) is 43.4 Å². The monoisotopic (exact) mass is 278 g/mol. The second-order valence-electron chi connectivity index (χ2n) is 4.59. The van der Waals surface area contributed by atoms with Gasteiger partial charge in [-0.15, -0.1) is 11.8 Å². The van der Waals surface area contributed by atoms with E-state index in [1.807, 2.05) is 17.8 Å². The maximum absolute atomic E-state index is 10.5. The van der Waals surface area contributed by atoms with Crippen LogP contribution in [0.25, 0.3) is 0 Å². The number of benzene rings is 1. The van der Waals surface area contributed by atoms with E-state index >= 15 is 0 Å². The molecule has 0 atom stereocenters. The van der Waals surface area contributed by atoms with Crippen molar-refractivity contribution in [3.8, 4) is 0 Å². The molecule has 0 heterocycles. The number of unbranched alkanes of at least 4 members (excludes halogenated alkanes) is 4. The molecule has 0 bridgehead atoms. The summed E-state index contributed by atoms with van der Waals surface area (Å²) < 4.78 is 0. The lowest BCUT2D eigenvalue weighted by atomic mass is 10.1. The summed E-state index contributed by atoms with van der Waals surface area (Å²) in [7, 11) is 0. The molecule has 1 aromatic carbocycles. The Bertz CT molecular complexity index is 387. The predicted molar refractivity (Wildman–Crippen MR) is 81.6 cm³/mol. The summed E-state index contributed by atoms with van der Waals surface area (Å²) in [5.41, 5.74) is 0.333. The van der Waals surface area contributed by atoms with Crippen molar-refractivity contribution in [2.24, 2.45) is 0 Å². The van der Waals surface area contributed by atoms with Crippen molar-refractivity contribution < 1.29 is 9.90 Å². The summed E-state index contributed by atoms with van der Waals surface area (Å²) >= 11 is 1.90. The fraction of sp³-hybridized carbons (Fsp3) is 0.438. The molecule has 0 saturated carbocycles. The maximum atomic E-state index is 10.5. The average Bonchev–Trinajstić information content (AvgIpc) is 2.42. The lowest BCUT2D eigenvalue weighted by Crippen LogP contribution is -1.98. The largest absolute Gasteiger partial charge is 0.478 e. The van der Waals surface area contributed by atoms with Gasteiger partial charge in [0, 0.05) is 10.5 Å². The second-order valence-corrected chi connectivity index (χ2v) is 5.76. The Kier molecular flexibility index (Phi) is 8.07. The minimum atomic E-state index is -0.862. The Labute approximate surface area is 119 Å². The van der Waals surface area contributed by atoms with Crippen LogP contribution in [-0.2, 0) is 4.79 Å². The number of carboxylic acids is 1. The molecule has 0 spiro atoms. The van der Waals surface area contributed by atoms with E-state index in [-0.39, 0.29) is 0 Å². The van der Waals surface area contributed by atoms with E-state index in [0.29, 0.717) is 12.0 Å². The lowest BCUT2D eigenvalue weighted by Gasteiger charge is -2.03. The first kappa shape index (κ1) is 15.8. The van der Waals surface area contributed by atoms with Gasteiger partial charge in [-0.1, -0.05) is 44.0 Å². The van der Waals surface area contributed by atoms with Crippen LogP contribution in [0.3, 0.4) is 0 Å². The first-order valence-corrected chi connectivity index (χ1v) is 7.77. The third-order valence-electron chi connectivity index (χ3n) is 2.94.